The first-order chi connectivity index (χ1) is 8.15. The quantitative estimate of drug-likeness (QED) is 0.816. The van der Waals surface area contributed by atoms with Crippen LogP contribution in [0.15, 0.2) is 12.1 Å². The van der Waals surface area contributed by atoms with Gasteiger partial charge in [-0.2, -0.15) is 0 Å². The van der Waals surface area contributed by atoms with Crippen LogP contribution in [0.1, 0.15) is 25.3 Å². The zero-order chi connectivity index (χ0) is 12.0. The number of aromatic hydroxyl groups is 1. The molecule has 0 spiro atoms. The molecule has 0 amide bonds. The minimum absolute atomic E-state index is 0.00502. The number of hydrogen-bond acceptors (Lipinski definition) is 4. The normalized spacial score (nSPS) is 22.0. The van der Waals surface area contributed by atoms with Crippen molar-refractivity contribution in [1.82, 2.24) is 0 Å². The summed E-state index contributed by atoms with van der Waals surface area (Å²) in [6.07, 6.45) is 2.00. The van der Waals surface area contributed by atoms with Crippen LogP contribution in [0.4, 0.5) is 0 Å². The standard InChI is InChI=1S/C13H17NO3/c1-8(14)13(4-5-13)11-9(15)2-3-10-12(11)17-7-6-16-10/h2-3,8,15H,4-7,14H2,1H3. The predicted octanol–water partition coefficient (Wildman–Crippen LogP) is 1.54. The number of nitrogens with two attached hydrogens (primary N) is 1. The summed E-state index contributed by atoms with van der Waals surface area (Å²) in [7, 11) is 0. The number of phenols is 1. The lowest BCUT2D eigenvalue weighted by Crippen LogP contribution is -2.32. The van der Waals surface area contributed by atoms with E-state index in [4.69, 9.17) is 15.2 Å². The van der Waals surface area contributed by atoms with Crippen molar-refractivity contribution in [1.29, 1.82) is 0 Å². The second-order valence-electron chi connectivity index (χ2n) is 4.93. The molecule has 1 fully saturated rings. The summed E-state index contributed by atoms with van der Waals surface area (Å²) in [5.41, 5.74) is 6.77. The third-order valence-electron chi connectivity index (χ3n) is 3.85. The number of phenolic OH excluding ortho intramolecular Hbond substituents is 1. The lowest BCUT2D eigenvalue weighted by atomic mass is 9.87. The van der Waals surface area contributed by atoms with Crippen LogP contribution < -0.4 is 15.2 Å². The fraction of sp³-hybridized carbons (Fsp3) is 0.538. The van der Waals surface area contributed by atoms with Crippen LogP contribution in [-0.4, -0.2) is 24.4 Å². The SMILES string of the molecule is CC(N)C1(c2c(O)ccc3c2OCCO3)CC1. The molecular formula is C13H17NO3. The summed E-state index contributed by atoms with van der Waals surface area (Å²) in [6, 6.07) is 3.43. The highest BCUT2D eigenvalue weighted by atomic mass is 16.6. The van der Waals surface area contributed by atoms with Gasteiger partial charge in [-0.3, -0.25) is 0 Å². The van der Waals surface area contributed by atoms with Gasteiger partial charge in [0, 0.05) is 17.0 Å². The number of fused-ring (bicyclic) bond motifs is 1. The summed E-state index contributed by atoms with van der Waals surface area (Å²) in [4.78, 5) is 0. The second-order valence-corrected chi connectivity index (χ2v) is 4.93. The molecule has 0 saturated heterocycles. The van der Waals surface area contributed by atoms with Crippen LogP contribution in [-0.2, 0) is 5.41 Å². The Morgan fingerprint density at radius 1 is 1.29 bits per heavy atom. The Kier molecular flexibility index (Phi) is 2.23. The third-order valence-corrected chi connectivity index (χ3v) is 3.85. The molecule has 2 aliphatic rings. The molecule has 3 N–H and O–H groups in total. The maximum absolute atomic E-state index is 10.1. The molecule has 1 aromatic rings. The average molecular weight is 235 g/mol. The van der Waals surface area contributed by atoms with Gasteiger partial charge in [0.1, 0.15) is 19.0 Å². The Morgan fingerprint density at radius 3 is 2.65 bits per heavy atom. The molecule has 92 valence electrons. The summed E-state index contributed by atoms with van der Waals surface area (Å²) < 4.78 is 11.2. The summed E-state index contributed by atoms with van der Waals surface area (Å²) in [5, 5.41) is 10.1. The molecule has 1 aliphatic carbocycles. The van der Waals surface area contributed by atoms with Gasteiger partial charge in [-0.1, -0.05) is 0 Å². The Morgan fingerprint density at radius 2 is 2.00 bits per heavy atom. The lowest BCUT2D eigenvalue weighted by Gasteiger charge is -2.27. The van der Waals surface area contributed by atoms with Crippen LogP contribution in [0, 0.1) is 0 Å². The van der Waals surface area contributed by atoms with Crippen molar-refractivity contribution < 1.29 is 14.6 Å². The van der Waals surface area contributed by atoms with E-state index in [1.54, 1.807) is 12.1 Å². The Bertz CT molecular complexity index is 452. The number of rotatable bonds is 2. The van der Waals surface area contributed by atoms with Crippen LogP contribution in [0.5, 0.6) is 17.2 Å². The lowest BCUT2D eigenvalue weighted by molar-refractivity contribution is 0.167. The second kappa shape index (κ2) is 3.53. The van der Waals surface area contributed by atoms with Crippen molar-refractivity contribution in [3.8, 4) is 17.2 Å². The minimum atomic E-state index is -0.129. The average Bonchev–Trinajstić information content (AvgIpc) is 3.10. The highest BCUT2D eigenvalue weighted by Gasteiger charge is 2.51. The molecular weight excluding hydrogens is 218 g/mol. The fourth-order valence-corrected chi connectivity index (χ4v) is 2.65. The highest BCUT2D eigenvalue weighted by molar-refractivity contribution is 5.59. The molecule has 0 radical (unpaired) electrons. The monoisotopic (exact) mass is 235 g/mol. The first-order valence-corrected chi connectivity index (χ1v) is 6.03. The van der Waals surface area contributed by atoms with E-state index in [1.807, 2.05) is 6.92 Å². The molecule has 17 heavy (non-hydrogen) atoms. The molecule has 1 saturated carbocycles. The first kappa shape index (κ1) is 10.7. The first-order valence-electron chi connectivity index (χ1n) is 6.03. The van der Waals surface area contributed by atoms with E-state index in [1.165, 1.54) is 0 Å². The predicted molar refractivity (Wildman–Crippen MR) is 63.7 cm³/mol. The highest BCUT2D eigenvalue weighted by Crippen LogP contribution is 2.58. The van der Waals surface area contributed by atoms with Gasteiger partial charge in [0.25, 0.3) is 0 Å². The maximum atomic E-state index is 10.1. The minimum Gasteiger partial charge on any atom is -0.508 e. The van der Waals surface area contributed by atoms with E-state index in [0.29, 0.717) is 19.0 Å². The van der Waals surface area contributed by atoms with Crippen molar-refractivity contribution in [2.45, 2.75) is 31.2 Å². The van der Waals surface area contributed by atoms with Gasteiger partial charge in [0.05, 0.1) is 0 Å². The fourth-order valence-electron chi connectivity index (χ4n) is 2.65. The van der Waals surface area contributed by atoms with Gasteiger partial charge in [0.15, 0.2) is 11.5 Å². The van der Waals surface area contributed by atoms with Crippen LogP contribution in [0.3, 0.4) is 0 Å². The third kappa shape index (κ3) is 1.47. The van der Waals surface area contributed by atoms with Gasteiger partial charge in [-0.05, 0) is 31.9 Å². The number of ether oxygens (including phenoxy) is 2. The number of benzene rings is 1. The van der Waals surface area contributed by atoms with Crippen molar-refractivity contribution >= 4 is 0 Å². The topological polar surface area (TPSA) is 64.7 Å². The molecule has 1 atom stereocenters. The zero-order valence-corrected chi connectivity index (χ0v) is 9.90. The van der Waals surface area contributed by atoms with Crippen molar-refractivity contribution in [2.24, 2.45) is 5.73 Å². The van der Waals surface area contributed by atoms with E-state index in [2.05, 4.69) is 0 Å². The summed E-state index contributed by atoms with van der Waals surface area (Å²) >= 11 is 0. The molecule has 1 aliphatic heterocycles. The molecule has 1 unspecified atom stereocenters. The molecule has 0 bridgehead atoms. The van der Waals surface area contributed by atoms with Gasteiger partial charge < -0.3 is 20.3 Å². The largest absolute Gasteiger partial charge is 0.508 e. The zero-order valence-electron chi connectivity index (χ0n) is 9.90. The Balaban J connectivity index is 2.15. The van der Waals surface area contributed by atoms with E-state index in [9.17, 15) is 5.11 Å². The van der Waals surface area contributed by atoms with E-state index in [-0.39, 0.29) is 17.2 Å². The molecule has 4 heteroatoms. The van der Waals surface area contributed by atoms with E-state index >= 15 is 0 Å². The van der Waals surface area contributed by atoms with Crippen LogP contribution >= 0.6 is 0 Å². The van der Waals surface area contributed by atoms with Crippen LogP contribution in [0.2, 0.25) is 0 Å². The smallest absolute Gasteiger partial charge is 0.168 e. The Hall–Kier alpha value is -1.42. The molecule has 3 rings (SSSR count). The van der Waals surface area contributed by atoms with Crippen LogP contribution in [0.25, 0.3) is 0 Å². The van der Waals surface area contributed by atoms with Gasteiger partial charge in [-0.25, -0.2) is 0 Å². The van der Waals surface area contributed by atoms with E-state index in [0.717, 1.165) is 24.2 Å². The Labute approximate surface area is 100 Å². The van der Waals surface area contributed by atoms with Crippen molar-refractivity contribution in [3.05, 3.63) is 17.7 Å². The van der Waals surface area contributed by atoms with Crippen molar-refractivity contribution in [2.75, 3.05) is 13.2 Å². The van der Waals surface area contributed by atoms with Crippen molar-refractivity contribution in [3.63, 3.8) is 0 Å². The van der Waals surface area contributed by atoms with E-state index < -0.39 is 0 Å². The number of hydrogen-bond donors (Lipinski definition) is 2. The summed E-state index contributed by atoms with van der Waals surface area (Å²) in [5.74, 6) is 1.67. The van der Waals surface area contributed by atoms with Gasteiger partial charge >= 0.3 is 0 Å². The van der Waals surface area contributed by atoms with Gasteiger partial charge in [-0.15, -0.1) is 0 Å². The van der Waals surface area contributed by atoms with Gasteiger partial charge in [0.2, 0.25) is 0 Å². The summed E-state index contributed by atoms with van der Waals surface area (Å²) in [6.45, 7) is 3.07. The maximum Gasteiger partial charge on any atom is 0.168 e. The molecule has 1 heterocycles. The molecule has 0 aromatic heterocycles. The molecule has 4 nitrogen and oxygen atoms in total. The molecule has 1 aromatic carbocycles.